The van der Waals surface area contributed by atoms with Crippen molar-refractivity contribution < 1.29 is 27.9 Å². The Morgan fingerprint density at radius 3 is 2.65 bits per heavy atom. The maximum absolute atomic E-state index is 12.0. The summed E-state index contributed by atoms with van der Waals surface area (Å²) in [5.41, 5.74) is -1.28. The third-order valence-corrected chi connectivity index (χ3v) is 3.93. The number of hydrogen-bond donors (Lipinski definition) is 1. The standard InChI is InChI=1S/C12H20NO6P/c1-5-18-11(14)13-12(19-20(4,15)17-3)8-6-10(16-2)7-9-12/h6-8H,5,9H2,1-4H3,(H,13,14). The van der Waals surface area contributed by atoms with Gasteiger partial charge in [0, 0.05) is 20.2 Å². The van der Waals surface area contributed by atoms with Crippen LogP contribution in [-0.2, 0) is 23.1 Å². The van der Waals surface area contributed by atoms with Crippen molar-refractivity contribution >= 4 is 13.7 Å². The lowest BCUT2D eigenvalue weighted by Crippen LogP contribution is -2.49. The normalized spacial score (nSPS) is 24.5. The fourth-order valence-corrected chi connectivity index (χ4v) is 2.46. The highest BCUT2D eigenvalue weighted by Gasteiger charge is 2.38. The van der Waals surface area contributed by atoms with Crippen molar-refractivity contribution in [1.29, 1.82) is 0 Å². The molecule has 0 heterocycles. The first-order chi connectivity index (χ1) is 9.36. The molecule has 20 heavy (non-hydrogen) atoms. The van der Waals surface area contributed by atoms with Gasteiger partial charge in [0.2, 0.25) is 0 Å². The van der Waals surface area contributed by atoms with Crippen molar-refractivity contribution in [3.05, 3.63) is 24.0 Å². The van der Waals surface area contributed by atoms with Crippen LogP contribution in [-0.4, -0.2) is 39.3 Å². The molecule has 0 aromatic heterocycles. The minimum absolute atomic E-state index is 0.221. The van der Waals surface area contributed by atoms with Crippen LogP contribution in [0.4, 0.5) is 4.79 Å². The Bertz CT molecular complexity index is 461. The van der Waals surface area contributed by atoms with Gasteiger partial charge in [-0.2, -0.15) is 0 Å². The topological polar surface area (TPSA) is 83.1 Å². The van der Waals surface area contributed by atoms with E-state index >= 15 is 0 Å². The van der Waals surface area contributed by atoms with Gasteiger partial charge in [0.15, 0.2) is 5.72 Å². The minimum atomic E-state index is -3.30. The summed E-state index contributed by atoms with van der Waals surface area (Å²) in [6.07, 6.45) is 4.46. The molecule has 0 aromatic carbocycles. The number of alkyl carbamates (subject to hydrolysis) is 1. The summed E-state index contributed by atoms with van der Waals surface area (Å²) in [6, 6.07) is 0. The van der Waals surface area contributed by atoms with E-state index in [9.17, 15) is 9.36 Å². The van der Waals surface area contributed by atoms with Crippen molar-refractivity contribution in [2.24, 2.45) is 0 Å². The molecule has 0 spiro atoms. The maximum Gasteiger partial charge on any atom is 0.409 e. The van der Waals surface area contributed by atoms with Crippen molar-refractivity contribution in [1.82, 2.24) is 5.32 Å². The lowest BCUT2D eigenvalue weighted by atomic mass is 10.0. The van der Waals surface area contributed by atoms with Gasteiger partial charge in [-0.25, -0.2) is 4.79 Å². The number of hydrogen-bond acceptors (Lipinski definition) is 6. The predicted octanol–water partition coefficient (Wildman–Crippen LogP) is 2.40. The highest BCUT2D eigenvalue weighted by Crippen LogP contribution is 2.48. The fourth-order valence-electron chi connectivity index (χ4n) is 1.61. The molecule has 1 aliphatic carbocycles. The van der Waals surface area contributed by atoms with Crippen molar-refractivity contribution in [3.63, 3.8) is 0 Å². The Morgan fingerprint density at radius 1 is 1.50 bits per heavy atom. The molecule has 0 fully saturated rings. The number of methoxy groups -OCH3 is 1. The third kappa shape index (κ3) is 4.67. The molecule has 1 N–H and O–H groups in total. The molecular formula is C12H20NO6P. The van der Waals surface area contributed by atoms with E-state index in [2.05, 4.69) is 5.32 Å². The van der Waals surface area contributed by atoms with Crippen LogP contribution in [0.15, 0.2) is 24.0 Å². The average Bonchev–Trinajstić information content (AvgIpc) is 2.39. The Kier molecular flexibility index (Phi) is 5.80. The average molecular weight is 305 g/mol. The van der Waals surface area contributed by atoms with E-state index in [1.54, 1.807) is 25.2 Å². The molecule has 0 radical (unpaired) electrons. The summed E-state index contributed by atoms with van der Waals surface area (Å²) in [5.74, 6) is 0.623. The van der Waals surface area contributed by atoms with Crippen LogP contribution in [0.1, 0.15) is 13.3 Å². The maximum atomic E-state index is 12.0. The number of nitrogens with one attached hydrogen (secondary N) is 1. The molecule has 1 aliphatic rings. The van der Waals surface area contributed by atoms with Gasteiger partial charge in [-0.05, 0) is 25.2 Å². The lowest BCUT2D eigenvalue weighted by Gasteiger charge is -2.33. The smallest absolute Gasteiger partial charge is 0.409 e. The summed E-state index contributed by atoms with van der Waals surface area (Å²) < 4.78 is 32.2. The van der Waals surface area contributed by atoms with Crippen LogP contribution >= 0.6 is 7.60 Å². The van der Waals surface area contributed by atoms with E-state index in [0.29, 0.717) is 5.76 Å². The molecule has 8 heteroatoms. The zero-order valence-corrected chi connectivity index (χ0v) is 12.9. The first-order valence-electron chi connectivity index (χ1n) is 6.08. The molecule has 7 nitrogen and oxygen atoms in total. The molecule has 2 unspecified atom stereocenters. The SMILES string of the molecule is CCOC(=O)NC1(OP(C)(=O)OC)C=CC(OC)=CC1. The molecule has 1 rings (SSSR count). The van der Waals surface area contributed by atoms with Crippen LogP contribution in [0.3, 0.4) is 0 Å². The first kappa shape index (κ1) is 16.8. The van der Waals surface area contributed by atoms with Gasteiger partial charge in [-0.1, -0.05) is 0 Å². The van der Waals surface area contributed by atoms with Gasteiger partial charge in [0.1, 0.15) is 5.76 Å². The number of allylic oxidation sites excluding steroid dienone is 1. The molecule has 0 saturated carbocycles. The summed E-state index contributed by atoms with van der Waals surface area (Å²) in [4.78, 5) is 11.6. The number of rotatable bonds is 6. The molecule has 0 bridgehead atoms. The van der Waals surface area contributed by atoms with Gasteiger partial charge in [0.25, 0.3) is 0 Å². The van der Waals surface area contributed by atoms with Crippen molar-refractivity contribution in [2.75, 3.05) is 27.5 Å². The van der Waals surface area contributed by atoms with E-state index in [1.807, 2.05) is 0 Å². The summed E-state index contributed by atoms with van der Waals surface area (Å²) in [5, 5.41) is 2.55. The molecular weight excluding hydrogens is 285 g/mol. The van der Waals surface area contributed by atoms with Gasteiger partial charge in [0.05, 0.1) is 13.7 Å². The zero-order valence-electron chi connectivity index (χ0n) is 12.0. The van der Waals surface area contributed by atoms with Crippen LogP contribution in [0.5, 0.6) is 0 Å². The summed E-state index contributed by atoms with van der Waals surface area (Å²) >= 11 is 0. The first-order valence-corrected chi connectivity index (χ1v) is 8.07. The predicted molar refractivity (Wildman–Crippen MR) is 73.4 cm³/mol. The van der Waals surface area contributed by atoms with Crippen LogP contribution in [0.2, 0.25) is 0 Å². The van der Waals surface area contributed by atoms with E-state index in [-0.39, 0.29) is 13.0 Å². The number of carbonyl (C=O) groups excluding carboxylic acids is 1. The quantitative estimate of drug-likeness (QED) is 0.599. The molecule has 1 amide bonds. The lowest BCUT2D eigenvalue weighted by molar-refractivity contribution is 0.0545. The van der Waals surface area contributed by atoms with Gasteiger partial charge in [-0.3, -0.25) is 14.4 Å². The van der Waals surface area contributed by atoms with Gasteiger partial charge in [-0.15, -0.1) is 0 Å². The van der Waals surface area contributed by atoms with E-state index in [1.165, 1.54) is 20.9 Å². The van der Waals surface area contributed by atoms with E-state index in [4.69, 9.17) is 18.5 Å². The highest BCUT2D eigenvalue weighted by molar-refractivity contribution is 7.53. The van der Waals surface area contributed by atoms with Crippen molar-refractivity contribution in [3.8, 4) is 0 Å². The number of ether oxygens (including phenoxy) is 2. The van der Waals surface area contributed by atoms with Crippen LogP contribution < -0.4 is 5.32 Å². The molecule has 0 saturated heterocycles. The second-order valence-corrected chi connectivity index (χ2v) is 6.22. The second kappa shape index (κ2) is 6.92. The molecule has 0 aliphatic heterocycles. The van der Waals surface area contributed by atoms with E-state index in [0.717, 1.165) is 0 Å². The van der Waals surface area contributed by atoms with Gasteiger partial charge >= 0.3 is 13.7 Å². The number of amides is 1. The molecule has 0 aromatic rings. The minimum Gasteiger partial charge on any atom is -0.497 e. The Morgan fingerprint density at radius 2 is 2.20 bits per heavy atom. The van der Waals surface area contributed by atoms with Crippen LogP contribution in [0.25, 0.3) is 0 Å². The monoisotopic (exact) mass is 305 g/mol. The van der Waals surface area contributed by atoms with Crippen LogP contribution in [0, 0.1) is 0 Å². The number of carbonyl (C=O) groups is 1. The molecule has 114 valence electrons. The Balaban J connectivity index is 2.91. The molecule has 2 atom stereocenters. The fraction of sp³-hybridized carbons (Fsp3) is 0.583. The Hall–Kier alpha value is -1.30. The van der Waals surface area contributed by atoms with Crippen molar-refractivity contribution in [2.45, 2.75) is 19.1 Å². The van der Waals surface area contributed by atoms with Gasteiger partial charge < -0.3 is 14.0 Å². The largest absolute Gasteiger partial charge is 0.497 e. The van der Waals surface area contributed by atoms with E-state index < -0.39 is 19.4 Å². The third-order valence-electron chi connectivity index (χ3n) is 2.61. The summed E-state index contributed by atoms with van der Waals surface area (Å²) in [6.45, 7) is 3.23. The summed E-state index contributed by atoms with van der Waals surface area (Å²) in [7, 11) is -0.492. The zero-order chi connectivity index (χ0) is 15.2. The Labute approximate surface area is 118 Å². The second-order valence-electron chi connectivity index (χ2n) is 4.13. The highest BCUT2D eigenvalue weighted by atomic mass is 31.2.